The van der Waals surface area contributed by atoms with Crippen LogP contribution in [0.4, 0.5) is 0 Å². The van der Waals surface area contributed by atoms with Gasteiger partial charge in [-0.05, 0) is 92.2 Å². The largest absolute Gasteiger partial charge is 0.481 e. The van der Waals surface area contributed by atoms with Gasteiger partial charge in [0.25, 0.3) is 0 Å². The van der Waals surface area contributed by atoms with Gasteiger partial charge in [0.05, 0.1) is 23.2 Å². The van der Waals surface area contributed by atoms with Crippen molar-refractivity contribution in [3.8, 4) is 0 Å². The van der Waals surface area contributed by atoms with Gasteiger partial charge in [0, 0.05) is 52.5 Å². The van der Waals surface area contributed by atoms with Crippen LogP contribution >= 0.6 is 0 Å². The first-order chi connectivity index (χ1) is 20.0. The monoisotopic (exact) mass is 564 g/mol. The summed E-state index contributed by atoms with van der Waals surface area (Å²) in [5.41, 5.74) is 12.0. The first-order valence-corrected chi connectivity index (χ1v) is 14.1. The van der Waals surface area contributed by atoms with Crippen LogP contribution in [-0.4, -0.2) is 49.6 Å². The Kier molecular flexibility index (Phi) is 7.73. The molecule has 5 rings (SSSR count). The molecule has 216 valence electrons. The Morgan fingerprint density at radius 3 is 2.29 bits per heavy atom. The molecule has 42 heavy (non-hydrogen) atoms. The first kappa shape index (κ1) is 28.8. The molecule has 2 aromatic rings. The highest BCUT2D eigenvalue weighted by Crippen LogP contribution is 2.34. The van der Waals surface area contributed by atoms with Crippen molar-refractivity contribution in [2.24, 2.45) is 9.98 Å². The first-order valence-electron chi connectivity index (χ1n) is 14.1. The van der Waals surface area contributed by atoms with Crippen molar-refractivity contribution in [1.82, 2.24) is 9.97 Å². The number of carbonyl (C=O) groups is 2. The Bertz CT molecular complexity index is 1830. The quantitative estimate of drug-likeness (QED) is 0.372. The molecule has 0 saturated carbocycles. The minimum Gasteiger partial charge on any atom is -0.481 e. The molecule has 0 fully saturated rings. The van der Waals surface area contributed by atoms with Crippen LogP contribution in [0.15, 0.2) is 63.3 Å². The van der Waals surface area contributed by atoms with Crippen LogP contribution in [0.3, 0.4) is 0 Å². The number of carboxylic acid groups (broad SMARTS) is 2. The number of aromatic amines is 2. The molecule has 3 aliphatic heterocycles. The molecular weight excluding hydrogens is 528 g/mol. The van der Waals surface area contributed by atoms with E-state index in [1.54, 1.807) is 0 Å². The summed E-state index contributed by atoms with van der Waals surface area (Å²) in [6.07, 6.45) is 11.0. The minimum atomic E-state index is -0.859. The Morgan fingerprint density at radius 1 is 0.905 bits per heavy atom. The molecule has 8 heteroatoms. The molecule has 8 bridgehead atoms. The van der Waals surface area contributed by atoms with Crippen molar-refractivity contribution in [2.75, 3.05) is 0 Å². The van der Waals surface area contributed by atoms with Gasteiger partial charge in [0.2, 0.25) is 0 Å². The SMILES string of the molecule is C=CC1=C(C)/C2=C/C3=NC(Cc4[nH]c(c(C)c4CCC(=O)O)/C=c4\[nH]/c(c(C)c4C=C)=C\C1=N2)C(CCC(=O)O)=C3C. The lowest BCUT2D eigenvalue weighted by Crippen LogP contribution is -2.14. The number of allylic oxidation sites excluding steroid dienone is 5. The molecule has 0 spiro atoms. The number of aromatic nitrogens is 2. The maximum absolute atomic E-state index is 11.5. The van der Waals surface area contributed by atoms with E-state index in [9.17, 15) is 19.8 Å². The number of aliphatic carboxylic acids is 2. The van der Waals surface area contributed by atoms with E-state index >= 15 is 0 Å². The molecule has 5 heterocycles. The Labute approximate surface area is 244 Å². The fourth-order valence-corrected chi connectivity index (χ4v) is 6.17. The van der Waals surface area contributed by atoms with Crippen LogP contribution in [0, 0.1) is 13.8 Å². The summed E-state index contributed by atoms with van der Waals surface area (Å²) in [6, 6.07) is -0.277. The van der Waals surface area contributed by atoms with E-state index < -0.39 is 11.9 Å². The van der Waals surface area contributed by atoms with Crippen LogP contribution in [-0.2, 0) is 22.4 Å². The van der Waals surface area contributed by atoms with Gasteiger partial charge in [-0.1, -0.05) is 25.3 Å². The second-order valence-corrected chi connectivity index (χ2v) is 11.0. The lowest BCUT2D eigenvalue weighted by molar-refractivity contribution is -0.138. The molecule has 1 atom stereocenters. The predicted octanol–water partition coefficient (Wildman–Crippen LogP) is 4.63. The van der Waals surface area contributed by atoms with Crippen molar-refractivity contribution < 1.29 is 19.8 Å². The van der Waals surface area contributed by atoms with Gasteiger partial charge < -0.3 is 20.2 Å². The fourth-order valence-electron chi connectivity index (χ4n) is 6.17. The Hall–Kier alpha value is -4.72. The average molecular weight is 565 g/mol. The molecular formula is C34H36N4O4. The highest BCUT2D eigenvalue weighted by Gasteiger charge is 2.29. The van der Waals surface area contributed by atoms with Crippen LogP contribution < -0.4 is 10.7 Å². The van der Waals surface area contributed by atoms with Gasteiger partial charge in [-0.3, -0.25) is 14.6 Å². The third-order valence-corrected chi connectivity index (χ3v) is 8.59. The molecule has 4 N–H and O–H groups in total. The maximum atomic E-state index is 11.5. The number of hydrogen-bond donors (Lipinski definition) is 4. The standard InChI is InChI=1S/C34H36N4O4/c1-7-21-17(3)25-13-26-19(5)23(9-11-33(39)40)31(37-26)16-32-24(10-12-34(41)42)20(6)28(38-32)15-30-22(8-2)18(4)27(36-30)14-29(21)35-25/h7-8,13-15,31,36,38H,1-2,9-12,16H2,3-6H3,(H,39,40)(H,41,42)/b25-13-,27-14-,30-15-. The second kappa shape index (κ2) is 11.3. The number of nitrogens with zero attached hydrogens (tertiary/aromatic N) is 2. The van der Waals surface area contributed by atoms with Crippen LogP contribution in [0.1, 0.15) is 66.8 Å². The molecule has 0 saturated heterocycles. The number of rotatable bonds is 8. The van der Waals surface area contributed by atoms with Crippen LogP contribution in [0.2, 0.25) is 0 Å². The predicted molar refractivity (Wildman–Crippen MR) is 167 cm³/mol. The molecule has 2 aromatic heterocycles. The van der Waals surface area contributed by atoms with Gasteiger partial charge in [-0.15, -0.1) is 0 Å². The fraction of sp³-hybridized carbons (Fsp3) is 0.294. The minimum absolute atomic E-state index is 0.00657. The van der Waals surface area contributed by atoms with Crippen molar-refractivity contribution in [2.45, 2.75) is 65.8 Å². The van der Waals surface area contributed by atoms with Gasteiger partial charge in [-0.25, -0.2) is 4.99 Å². The number of hydrogen-bond acceptors (Lipinski definition) is 4. The van der Waals surface area contributed by atoms with Gasteiger partial charge in [0.15, 0.2) is 0 Å². The normalized spacial score (nSPS) is 20.7. The van der Waals surface area contributed by atoms with Crippen LogP contribution in [0.25, 0.3) is 18.2 Å². The van der Waals surface area contributed by atoms with Crippen molar-refractivity contribution in [1.29, 1.82) is 0 Å². The summed E-state index contributed by atoms with van der Waals surface area (Å²) in [6.45, 7) is 16.2. The van der Waals surface area contributed by atoms with E-state index in [4.69, 9.17) is 9.98 Å². The molecule has 0 aliphatic carbocycles. The zero-order chi connectivity index (χ0) is 30.3. The number of nitrogens with one attached hydrogen (secondary N) is 2. The highest BCUT2D eigenvalue weighted by molar-refractivity contribution is 6.25. The lowest BCUT2D eigenvalue weighted by atomic mass is 9.93. The molecule has 8 nitrogen and oxygen atoms in total. The molecule has 3 aliphatic rings. The summed E-state index contributed by atoms with van der Waals surface area (Å²) < 4.78 is 0. The number of fused-ring (bicyclic) bond motifs is 6. The topological polar surface area (TPSA) is 131 Å². The van der Waals surface area contributed by atoms with E-state index in [-0.39, 0.29) is 18.9 Å². The van der Waals surface area contributed by atoms with E-state index in [2.05, 4.69) is 23.1 Å². The van der Waals surface area contributed by atoms with E-state index in [1.807, 2.05) is 58.1 Å². The third kappa shape index (κ3) is 5.20. The second-order valence-electron chi connectivity index (χ2n) is 11.0. The van der Waals surface area contributed by atoms with Crippen LogP contribution in [0.5, 0.6) is 0 Å². The van der Waals surface area contributed by atoms with E-state index in [0.717, 1.165) is 83.8 Å². The maximum Gasteiger partial charge on any atom is 0.303 e. The summed E-state index contributed by atoms with van der Waals surface area (Å²) in [5, 5.41) is 20.7. The van der Waals surface area contributed by atoms with Gasteiger partial charge in [0.1, 0.15) is 0 Å². The molecule has 0 aromatic carbocycles. The summed E-state index contributed by atoms with van der Waals surface area (Å²) >= 11 is 0. The van der Waals surface area contributed by atoms with E-state index in [0.29, 0.717) is 19.3 Å². The number of H-pyrrole nitrogens is 2. The van der Waals surface area contributed by atoms with E-state index in [1.165, 1.54) is 0 Å². The highest BCUT2D eigenvalue weighted by atomic mass is 16.4. The summed E-state index contributed by atoms with van der Waals surface area (Å²) in [5.74, 6) is -1.72. The summed E-state index contributed by atoms with van der Waals surface area (Å²) in [4.78, 5) is 40.3. The lowest BCUT2D eigenvalue weighted by Gasteiger charge is -2.14. The number of carboxylic acids is 2. The number of aliphatic imine (C=N–C) groups is 2. The summed E-state index contributed by atoms with van der Waals surface area (Å²) in [7, 11) is 0. The average Bonchev–Trinajstić information content (AvgIpc) is 3.59. The van der Waals surface area contributed by atoms with Gasteiger partial charge in [-0.2, -0.15) is 0 Å². The Balaban J connectivity index is 1.79. The zero-order valence-corrected chi connectivity index (χ0v) is 24.5. The van der Waals surface area contributed by atoms with Crippen molar-refractivity contribution in [3.63, 3.8) is 0 Å². The zero-order valence-electron chi connectivity index (χ0n) is 24.5. The van der Waals surface area contributed by atoms with Gasteiger partial charge >= 0.3 is 11.9 Å². The van der Waals surface area contributed by atoms with Crippen molar-refractivity contribution >= 4 is 41.6 Å². The smallest absolute Gasteiger partial charge is 0.303 e. The third-order valence-electron chi connectivity index (χ3n) is 8.59. The molecule has 1 unspecified atom stereocenters. The molecule has 0 radical (unpaired) electrons. The van der Waals surface area contributed by atoms with Crippen molar-refractivity contribution in [3.05, 3.63) is 97.6 Å². The molecule has 0 amide bonds. The Morgan fingerprint density at radius 2 is 1.62 bits per heavy atom.